The summed E-state index contributed by atoms with van der Waals surface area (Å²) < 4.78 is 5.26. The maximum Gasteiger partial charge on any atom is 0.328 e. The van der Waals surface area contributed by atoms with Crippen LogP contribution in [0.2, 0.25) is 0 Å². The van der Waals surface area contributed by atoms with E-state index in [1.807, 2.05) is 13.8 Å². The monoisotopic (exact) mass is 402 g/mol. The number of rotatable bonds is 5. The van der Waals surface area contributed by atoms with Gasteiger partial charge in [0.25, 0.3) is 0 Å². The van der Waals surface area contributed by atoms with Crippen LogP contribution >= 0.6 is 0 Å². The highest BCUT2D eigenvalue weighted by atomic mass is 16.5. The van der Waals surface area contributed by atoms with Crippen LogP contribution in [0.25, 0.3) is 0 Å². The van der Waals surface area contributed by atoms with Gasteiger partial charge in [0.05, 0.1) is 22.5 Å². The molecule has 0 aliphatic heterocycles. The molecule has 3 rings (SSSR count). The zero-order valence-corrected chi connectivity index (χ0v) is 16.9. The first-order chi connectivity index (χ1) is 13.6. The van der Waals surface area contributed by atoms with Crippen LogP contribution in [-0.2, 0) is 22.4 Å². The zero-order valence-electron chi connectivity index (χ0n) is 16.9. The van der Waals surface area contributed by atoms with Crippen LogP contribution in [0.4, 0.5) is 0 Å². The molecule has 1 saturated carbocycles. The third kappa shape index (κ3) is 4.46. The summed E-state index contributed by atoms with van der Waals surface area (Å²) in [6.07, 6.45) is 2.83. The molecule has 8 heteroatoms. The van der Waals surface area contributed by atoms with Gasteiger partial charge < -0.3 is 14.7 Å². The molecule has 29 heavy (non-hydrogen) atoms. The summed E-state index contributed by atoms with van der Waals surface area (Å²) >= 11 is 0. The van der Waals surface area contributed by atoms with Gasteiger partial charge in [-0.15, -0.1) is 0 Å². The Morgan fingerprint density at radius 3 is 2.62 bits per heavy atom. The molecule has 0 spiro atoms. The number of hydrogen-bond acceptors (Lipinski definition) is 7. The molecule has 156 valence electrons. The molecule has 1 atom stereocenters. The van der Waals surface area contributed by atoms with E-state index in [1.54, 1.807) is 0 Å². The number of fused-ring (bicyclic) bond motifs is 1. The molecule has 0 saturated heterocycles. The van der Waals surface area contributed by atoms with E-state index >= 15 is 0 Å². The van der Waals surface area contributed by atoms with Crippen molar-refractivity contribution in [3.05, 3.63) is 28.3 Å². The van der Waals surface area contributed by atoms with Gasteiger partial charge in [-0.25, -0.2) is 4.79 Å². The van der Waals surface area contributed by atoms with Gasteiger partial charge in [-0.1, -0.05) is 19.0 Å². The second-order valence-electron chi connectivity index (χ2n) is 8.56. The number of allylic oxidation sites excluding steroid dienone is 2. The van der Waals surface area contributed by atoms with E-state index in [4.69, 9.17) is 4.52 Å². The Morgan fingerprint density at radius 2 is 1.93 bits per heavy atom. The summed E-state index contributed by atoms with van der Waals surface area (Å²) in [5.41, 5.74) is 1.03. The number of aliphatic imine (C=N–C) groups is 1. The van der Waals surface area contributed by atoms with E-state index in [2.05, 4.69) is 10.1 Å². The van der Waals surface area contributed by atoms with E-state index in [9.17, 15) is 24.6 Å². The number of aliphatic hydroxyl groups excluding tert-OH is 1. The number of aromatic nitrogens is 1. The number of carboxylic acid groups (broad SMARTS) is 1. The van der Waals surface area contributed by atoms with E-state index < -0.39 is 12.0 Å². The number of Topliss-reactive ketones (excluding diaryl/α,β-unsaturated/α-hetero) is 2. The number of aryl methyl sites for hydroxylation is 2. The Labute approximate surface area is 168 Å². The lowest BCUT2D eigenvalue weighted by Gasteiger charge is -2.31. The molecule has 1 unspecified atom stereocenters. The molecule has 1 aromatic rings. The largest absolute Gasteiger partial charge is 0.511 e. The van der Waals surface area contributed by atoms with Gasteiger partial charge in [-0.05, 0) is 25.2 Å². The number of nitrogens with zero attached hydrogens (tertiary/aromatic N) is 2. The van der Waals surface area contributed by atoms with Crippen molar-refractivity contribution < 1.29 is 29.1 Å². The first kappa shape index (κ1) is 21.0. The average molecular weight is 402 g/mol. The number of carbonyl (C=O) groups is 3. The molecule has 8 nitrogen and oxygen atoms in total. The first-order valence-corrected chi connectivity index (χ1v) is 9.85. The highest BCUT2D eigenvalue weighted by molar-refractivity contribution is 6.25. The van der Waals surface area contributed by atoms with Crippen molar-refractivity contribution in [2.24, 2.45) is 10.4 Å². The lowest BCUT2D eigenvalue weighted by atomic mass is 9.73. The fourth-order valence-corrected chi connectivity index (χ4v) is 3.93. The molecule has 2 aliphatic rings. The van der Waals surface area contributed by atoms with E-state index in [-0.39, 0.29) is 47.6 Å². The van der Waals surface area contributed by atoms with E-state index in [0.717, 1.165) is 6.42 Å². The van der Waals surface area contributed by atoms with Gasteiger partial charge in [0.2, 0.25) is 0 Å². The Hall–Kier alpha value is -2.77. The predicted molar refractivity (Wildman–Crippen MR) is 104 cm³/mol. The van der Waals surface area contributed by atoms with E-state index in [0.29, 0.717) is 42.0 Å². The molecule has 2 N–H and O–H groups in total. The fraction of sp³-hybridized carbons (Fsp3) is 0.571. The molecule has 2 aliphatic carbocycles. The minimum atomic E-state index is -1.10. The van der Waals surface area contributed by atoms with Gasteiger partial charge >= 0.3 is 5.97 Å². The van der Waals surface area contributed by atoms with Crippen LogP contribution in [-0.4, -0.2) is 44.7 Å². The highest BCUT2D eigenvalue weighted by Crippen LogP contribution is 2.36. The molecule has 0 aromatic carbocycles. The fourth-order valence-electron chi connectivity index (χ4n) is 3.93. The van der Waals surface area contributed by atoms with Crippen LogP contribution < -0.4 is 0 Å². The van der Waals surface area contributed by atoms with Crippen LogP contribution in [0.5, 0.6) is 0 Å². The van der Waals surface area contributed by atoms with Crippen LogP contribution in [0.1, 0.15) is 74.7 Å². The molecule has 0 amide bonds. The average Bonchev–Trinajstić information content (AvgIpc) is 3.02. The molecular weight excluding hydrogens is 376 g/mol. The summed E-state index contributed by atoms with van der Waals surface area (Å²) in [4.78, 5) is 40.3. The van der Waals surface area contributed by atoms with Crippen molar-refractivity contribution in [1.29, 1.82) is 0 Å². The van der Waals surface area contributed by atoms with Gasteiger partial charge in [-0.2, -0.15) is 0 Å². The Kier molecular flexibility index (Phi) is 5.73. The zero-order chi connectivity index (χ0) is 21.3. The molecule has 1 aromatic heterocycles. The minimum Gasteiger partial charge on any atom is -0.511 e. The number of aliphatic hydroxyl groups is 1. The van der Waals surface area contributed by atoms with E-state index in [1.165, 1.54) is 6.92 Å². The quantitative estimate of drug-likeness (QED) is 0.571. The molecule has 0 bridgehead atoms. The number of aliphatic carboxylic acids is 1. The summed E-state index contributed by atoms with van der Waals surface area (Å²) in [6, 6.07) is -1.02. The van der Waals surface area contributed by atoms with Crippen LogP contribution in [0.15, 0.2) is 20.8 Å². The van der Waals surface area contributed by atoms with Crippen molar-refractivity contribution in [2.45, 2.75) is 71.8 Å². The van der Waals surface area contributed by atoms with Crippen molar-refractivity contribution in [3.63, 3.8) is 0 Å². The van der Waals surface area contributed by atoms with Gasteiger partial charge in [0.1, 0.15) is 17.6 Å². The van der Waals surface area contributed by atoms with Crippen molar-refractivity contribution >= 4 is 23.2 Å². The third-order valence-corrected chi connectivity index (χ3v) is 5.37. The first-order valence-electron chi connectivity index (χ1n) is 9.85. The van der Waals surface area contributed by atoms with Crippen LogP contribution in [0, 0.1) is 5.41 Å². The van der Waals surface area contributed by atoms with Crippen molar-refractivity contribution in [2.75, 3.05) is 0 Å². The Morgan fingerprint density at radius 1 is 1.21 bits per heavy atom. The summed E-state index contributed by atoms with van der Waals surface area (Å²) in [7, 11) is 0. The second kappa shape index (κ2) is 7.93. The summed E-state index contributed by atoms with van der Waals surface area (Å²) in [5, 5.41) is 23.8. The minimum absolute atomic E-state index is 0.0114. The number of ketones is 2. The Balaban J connectivity index is 1.88. The summed E-state index contributed by atoms with van der Waals surface area (Å²) in [6.45, 7) is 5.25. The number of carboxylic acids is 1. The smallest absolute Gasteiger partial charge is 0.328 e. The molecule has 1 heterocycles. The topological polar surface area (TPSA) is 130 Å². The molecular formula is C21H26N2O6. The van der Waals surface area contributed by atoms with Gasteiger partial charge in [0.15, 0.2) is 11.6 Å². The maximum atomic E-state index is 12.7. The second-order valence-corrected chi connectivity index (χ2v) is 8.56. The standard InChI is InChI=1S/C21H26N2O6/c1-11(20(27)28)22-13-9-21(2,3)10-16(26)18(13)15(25)8-7-12-19-14(24)5-4-6-17(19)29-23-12/h11,25H,4-10H2,1-3H3,(H,27,28)/b18-15+,22-13?. The number of hydrogen-bond donors (Lipinski definition) is 2. The lowest BCUT2D eigenvalue weighted by molar-refractivity contribution is -0.138. The van der Waals surface area contributed by atoms with Gasteiger partial charge in [0, 0.05) is 32.1 Å². The predicted octanol–water partition coefficient (Wildman–Crippen LogP) is 3.24. The van der Waals surface area contributed by atoms with Crippen LogP contribution in [0.3, 0.4) is 0 Å². The van der Waals surface area contributed by atoms with Crippen molar-refractivity contribution in [1.82, 2.24) is 5.16 Å². The normalized spacial score (nSPS) is 23.1. The highest BCUT2D eigenvalue weighted by Gasteiger charge is 2.37. The SMILES string of the molecule is CC(N=C1CC(C)(C)CC(=O)/C1=C(/O)CCc1noc2c1C(=O)CCC2)C(=O)O. The Bertz CT molecular complexity index is 922. The molecule has 1 fully saturated rings. The number of carbonyl (C=O) groups excluding carboxylic acids is 2. The van der Waals surface area contributed by atoms with Gasteiger partial charge in [-0.3, -0.25) is 14.6 Å². The maximum absolute atomic E-state index is 12.7. The summed E-state index contributed by atoms with van der Waals surface area (Å²) in [5.74, 6) is -0.936. The molecule has 0 radical (unpaired) electrons. The lowest BCUT2D eigenvalue weighted by Crippen LogP contribution is -2.34. The van der Waals surface area contributed by atoms with Crippen molar-refractivity contribution in [3.8, 4) is 0 Å². The third-order valence-electron chi connectivity index (χ3n) is 5.37.